The molecule has 5 nitrogen and oxygen atoms in total. The molecule has 0 bridgehead atoms. The molecule has 0 saturated heterocycles. The van der Waals surface area contributed by atoms with Gasteiger partial charge in [-0.25, -0.2) is 8.42 Å². The van der Waals surface area contributed by atoms with Crippen LogP contribution < -0.4 is 11.1 Å². The lowest BCUT2D eigenvalue weighted by molar-refractivity contribution is -0.113. The van der Waals surface area contributed by atoms with Crippen molar-refractivity contribution in [3.8, 4) is 0 Å². The van der Waals surface area contributed by atoms with Gasteiger partial charge in [0.05, 0.1) is 5.75 Å². The van der Waals surface area contributed by atoms with Crippen LogP contribution >= 0.6 is 0 Å². The molecule has 0 spiro atoms. The molecule has 3 N–H and O–H groups in total. The number of carbonyl (C=O) groups is 1. The third-order valence-corrected chi connectivity index (χ3v) is 4.37. The van der Waals surface area contributed by atoms with Crippen molar-refractivity contribution in [2.75, 3.05) is 23.4 Å². The van der Waals surface area contributed by atoms with Gasteiger partial charge in [0.2, 0.25) is 5.91 Å². The second kappa shape index (κ2) is 6.68. The summed E-state index contributed by atoms with van der Waals surface area (Å²) < 4.78 is 23.3. The molecule has 0 aromatic heterocycles. The Labute approximate surface area is 114 Å². The van der Waals surface area contributed by atoms with Gasteiger partial charge in [-0.3, -0.25) is 4.79 Å². The fourth-order valence-corrected chi connectivity index (χ4v) is 2.98. The lowest BCUT2D eigenvalue weighted by atomic mass is 10.1. The molecule has 0 saturated carbocycles. The summed E-state index contributed by atoms with van der Waals surface area (Å²) in [4.78, 5) is 11.8. The van der Waals surface area contributed by atoms with Gasteiger partial charge in [0.15, 0.2) is 9.84 Å². The zero-order valence-electron chi connectivity index (χ0n) is 11.3. The second-order valence-electron chi connectivity index (χ2n) is 4.55. The van der Waals surface area contributed by atoms with Crippen LogP contribution in [0, 0.1) is 13.8 Å². The largest absolute Gasteiger partial charge is 0.330 e. The molecule has 1 aromatic carbocycles. The van der Waals surface area contributed by atoms with Crippen LogP contribution in [0.5, 0.6) is 0 Å². The van der Waals surface area contributed by atoms with Gasteiger partial charge in [-0.1, -0.05) is 18.2 Å². The highest BCUT2D eigenvalue weighted by atomic mass is 32.2. The molecule has 106 valence electrons. The van der Waals surface area contributed by atoms with Gasteiger partial charge >= 0.3 is 0 Å². The summed E-state index contributed by atoms with van der Waals surface area (Å²) >= 11 is 0. The van der Waals surface area contributed by atoms with Crippen LogP contribution in [0.3, 0.4) is 0 Å². The maximum Gasteiger partial charge on any atom is 0.239 e. The molecule has 0 radical (unpaired) electrons. The van der Waals surface area contributed by atoms with Crippen molar-refractivity contribution in [1.82, 2.24) is 0 Å². The standard InChI is InChI=1S/C13H20N2O3S/c1-10-5-3-6-11(2)13(10)15-12(16)9-19(17,18)8-4-7-14/h3,5-6H,4,7-9,14H2,1-2H3,(H,15,16). The first-order chi connectivity index (χ1) is 8.85. The predicted octanol–water partition coefficient (Wildman–Crippen LogP) is 1.01. The number of aryl methyl sites for hydroxylation is 2. The fraction of sp³-hybridized carbons (Fsp3) is 0.462. The third kappa shape index (κ3) is 5.00. The highest BCUT2D eigenvalue weighted by molar-refractivity contribution is 7.92. The van der Waals surface area contributed by atoms with Crippen molar-refractivity contribution < 1.29 is 13.2 Å². The summed E-state index contributed by atoms with van der Waals surface area (Å²) in [6.07, 6.45) is 0.374. The van der Waals surface area contributed by atoms with Gasteiger partial charge < -0.3 is 11.1 Å². The Hall–Kier alpha value is -1.40. The summed E-state index contributed by atoms with van der Waals surface area (Å²) in [5.74, 6) is -1.06. The topological polar surface area (TPSA) is 89.3 Å². The normalized spacial score (nSPS) is 11.3. The molecule has 0 fully saturated rings. The molecule has 0 aliphatic rings. The van der Waals surface area contributed by atoms with Crippen molar-refractivity contribution in [1.29, 1.82) is 0 Å². The van der Waals surface area contributed by atoms with Crippen LogP contribution in [0.15, 0.2) is 18.2 Å². The maximum absolute atomic E-state index is 11.8. The number of nitrogens with two attached hydrogens (primary N) is 1. The number of benzene rings is 1. The number of anilines is 1. The van der Waals surface area contributed by atoms with E-state index in [9.17, 15) is 13.2 Å². The van der Waals surface area contributed by atoms with Gasteiger partial charge in [-0.2, -0.15) is 0 Å². The van der Waals surface area contributed by atoms with Crippen LogP contribution in [0.4, 0.5) is 5.69 Å². The fourth-order valence-electron chi connectivity index (χ4n) is 1.76. The first-order valence-electron chi connectivity index (χ1n) is 6.12. The summed E-state index contributed by atoms with van der Waals surface area (Å²) in [5.41, 5.74) is 7.77. The van der Waals surface area contributed by atoms with E-state index in [-0.39, 0.29) is 5.75 Å². The van der Waals surface area contributed by atoms with E-state index in [0.717, 1.165) is 11.1 Å². The summed E-state index contributed by atoms with van der Waals surface area (Å²) in [5, 5.41) is 2.66. The van der Waals surface area contributed by atoms with Crippen molar-refractivity contribution >= 4 is 21.4 Å². The van der Waals surface area contributed by atoms with Crippen LogP contribution in [-0.2, 0) is 14.6 Å². The van der Waals surface area contributed by atoms with Crippen LogP contribution in [-0.4, -0.2) is 32.4 Å². The predicted molar refractivity (Wildman–Crippen MR) is 76.9 cm³/mol. The Morgan fingerprint density at radius 3 is 2.37 bits per heavy atom. The van der Waals surface area contributed by atoms with Crippen LogP contribution in [0.2, 0.25) is 0 Å². The Morgan fingerprint density at radius 2 is 1.84 bits per heavy atom. The molecule has 6 heteroatoms. The number of sulfone groups is 1. The molecule has 0 atom stereocenters. The zero-order chi connectivity index (χ0) is 14.5. The second-order valence-corrected chi connectivity index (χ2v) is 6.73. The quantitative estimate of drug-likeness (QED) is 0.815. The molecular formula is C13H20N2O3S. The third-order valence-electron chi connectivity index (χ3n) is 2.76. The Balaban J connectivity index is 2.71. The van der Waals surface area contributed by atoms with Gasteiger partial charge in [0.25, 0.3) is 0 Å². The van der Waals surface area contributed by atoms with Crippen molar-refractivity contribution in [2.45, 2.75) is 20.3 Å². The van der Waals surface area contributed by atoms with E-state index in [1.54, 1.807) is 0 Å². The van der Waals surface area contributed by atoms with E-state index < -0.39 is 21.5 Å². The first-order valence-corrected chi connectivity index (χ1v) is 7.94. The molecule has 0 heterocycles. The van der Waals surface area contributed by atoms with E-state index in [4.69, 9.17) is 5.73 Å². The number of carbonyl (C=O) groups excluding carboxylic acids is 1. The summed E-state index contributed by atoms with van der Waals surface area (Å²) in [6, 6.07) is 5.62. The molecule has 1 rings (SSSR count). The summed E-state index contributed by atoms with van der Waals surface area (Å²) in [7, 11) is -3.38. The Kier molecular flexibility index (Phi) is 5.50. The Morgan fingerprint density at radius 1 is 1.26 bits per heavy atom. The monoisotopic (exact) mass is 284 g/mol. The van der Waals surface area contributed by atoms with E-state index in [2.05, 4.69) is 5.32 Å². The molecule has 1 amide bonds. The van der Waals surface area contributed by atoms with Crippen LogP contribution in [0.25, 0.3) is 0 Å². The highest BCUT2D eigenvalue weighted by Gasteiger charge is 2.17. The van der Waals surface area contributed by atoms with Crippen LogP contribution in [0.1, 0.15) is 17.5 Å². The number of hydrogen-bond acceptors (Lipinski definition) is 4. The molecule has 0 aliphatic carbocycles. The van der Waals surface area contributed by atoms with Gasteiger partial charge in [-0.05, 0) is 37.9 Å². The lowest BCUT2D eigenvalue weighted by Crippen LogP contribution is -2.26. The molecule has 0 unspecified atom stereocenters. The first kappa shape index (κ1) is 15.7. The molecular weight excluding hydrogens is 264 g/mol. The molecule has 19 heavy (non-hydrogen) atoms. The minimum Gasteiger partial charge on any atom is -0.330 e. The average molecular weight is 284 g/mol. The smallest absolute Gasteiger partial charge is 0.239 e. The lowest BCUT2D eigenvalue weighted by Gasteiger charge is -2.11. The number of hydrogen-bond donors (Lipinski definition) is 2. The highest BCUT2D eigenvalue weighted by Crippen LogP contribution is 2.19. The number of para-hydroxylation sites is 1. The van der Waals surface area contributed by atoms with E-state index in [1.165, 1.54) is 0 Å². The van der Waals surface area contributed by atoms with Crippen molar-refractivity contribution in [3.05, 3.63) is 29.3 Å². The minimum atomic E-state index is -3.38. The zero-order valence-corrected chi connectivity index (χ0v) is 12.1. The SMILES string of the molecule is Cc1cccc(C)c1NC(=O)CS(=O)(=O)CCCN. The molecule has 1 aromatic rings. The van der Waals surface area contributed by atoms with Gasteiger partial charge in [0, 0.05) is 5.69 Å². The number of rotatable bonds is 6. The van der Waals surface area contributed by atoms with E-state index in [1.807, 2.05) is 32.0 Å². The number of amides is 1. The number of nitrogens with one attached hydrogen (secondary N) is 1. The van der Waals surface area contributed by atoms with E-state index in [0.29, 0.717) is 18.7 Å². The maximum atomic E-state index is 11.8. The van der Waals surface area contributed by atoms with Crippen molar-refractivity contribution in [2.24, 2.45) is 5.73 Å². The van der Waals surface area contributed by atoms with Gasteiger partial charge in [-0.15, -0.1) is 0 Å². The van der Waals surface area contributed by atoms with Crippen molar-refractivity contribution in [3.63, 3.8) is 0 Å². The summed E-state index contributed by atoms with van der Waals surface area (Å²) in [6.45, 7) is 4.04. The minimum absolute atomic E-state index is 0.0519. The van der Waals surface area contributed by atoms with Gasteiger partial charge in [0.1, 0.15) is 5.75 Å². The molecule has 0 aliphatic heterocycles. The average Bonchev–Trinajstić information content (AvgIpc) is 2.31. The Bertz CT molecular complexity index is 533. The van der Waals surface area contributed by atoms with E-state index >= 15 is 0 Å².